The first-order valence-corrected chi connectivity index (χ1v) is 3.26. The minimum absolute atomic E-state index is 0.320. The van der Waals surface area contributed by atoms with Gasteiger partial charge in [0.05, 0.1) is 6.20 Å². The molecule has 0 aliphatic rings. The monoisotopic (exact) mass is 168 g/mol. The second kappa shape index (κ2) is 3.51. The molecular weight excluding hydrogens is 160 g/mol. The Kier molecular flexibility index (Phi) is 2.42. The molecule has 0 aromatic carbocycles. The lowest BCUT2D eigenvalue weighted by Gasteiger charge is -1.97. The summed E-state index contributed by atoms with van der Waals surface area (Å²) in [4.78, 5) is 21.1. The molecule has 6 heteroatoms. The van der Waals surface area contributed by atoms with Crippen molar-refractivity contribution in [3.8, 4) is 0 Å². The number of H-pyrrole nitrogens is 1. The van der Waals surface area contributed by atoms with E-state index in [1.165, 1.54) is 6.20 Å². The average Bonchev–Trinajstić information content (AvgIpc) is 2.37. The van der Waals surface area contributed by atoms with E-state index in [0.29, 0.717) is 5.82 Å². The Balaban J connectivity index is 2.42. The zero-order valence-corrected chi connectivity index (χ0v) is 6.20. The Labute approximate surface area is 68.1 Å². The number of amides is 2. The van der Waals surface area contributed by atoms with Gasteiger partial charge in [-0.05, 0) is 0 Å². The molecule has 0 unspecified atom stereocenters. The molecule has 64 valence electrons. The highest BCUT2D eigenvalue weighted by molar-refractivity contribution is 6.02. The lowest BCUT2D eigenvalue weighted by atomic mass is 10.4. The molecule has 0 spiro atoms. The maximum Gasteiger partial charge on any atom is 0.234 e. The van der Waals surface area contributed by atoms with Gasteiger partial charge in [-0.15, -0.1) is 0 Å². The summed E-state index contributed by atoms with van der Waals surface area (Å²) in [5.74, 6) is -0.667. The van der Waals surface area contributed by atoms with Crippen LogP contribution in [-0.2, 0) is 9.59 Å². The smallest absolute Gasteiger partial charge is 0.234 e. The fraction of sp³-hybridized carbons (Fsp3) is 0.167. The Morgan fingerprint density at radius 1 is 1.67 bits per heavy atom. The summed E-state index contributed by atoms with van der Waals surface area (Å²) in [6, 6.07) is 1.57. The normalized spacial score (nSPS) is 9.33. The van der Waals surface area contributed by atoms with E-state index < -0.39 is 11.8 Å². The summed E-state index contributed by atoms with van der Waals surface area (Å²) in [5, 5.41) is 8.50. The van der Waals surface area contributed by atoms with Crippen LogP contribution in [0.4, 0.5) is 5.82 Å². The fourth-order valence-electron chi connectivity index (χ4n) is 0.678. The summed E-state index contributed by atoms with van der Waals surface area (Å²) < 4.78 is 0. The molecule has 6 nitrogen and oxygen atoms in total. The maximum atomic E-state index is 10.9. The zero-order valence-electron chi connectivity index (χ0n) is 6.20. The largest absolute Gasteiger partial charge is 0.369 e. The van der Waals surface area contributed by atoms with Crippen LogP contribution in [0, 0.1) is 0 Å². The van der Waals surface area contributed by atoms with Crippen LogP contribution in [0.5, 0.6) is 0 Å². The minimum Gasteiger partial charge on any atom is -0.369 e. The summed E-state index contributed by atoms with van der Waals surface area (Å²) in [6.45, 7) is 0. The van der Waals surface area contributed by atoms with Gasteiger partial charge in [0.25, 0.3) is 0 Å². The standard InChI is InChI=1S/C6H8N4O2/c7-4(11)3-6(12)9-5-1-2-8-10-5/h1-2H,3H2,(H2,7,11)(H2,8,9,10,12). The topological polar surface area (TPSA) is 101 Å². The Morgan fingerprint density at radius 3 is 2.92 bits per heavy atom. The molecule has 0 atom stereocenters. The molecule has 1 heterocycles. The molecule has 0 saturated heterocycles. The number of nitrogens with one attached hydrogen (secondary N) is 2. The highest BCUT2D eigenvalue weighted by Gasteiger charge is 2.05. The van der Waals surface area contributed by atoms with Crippen molar-refractivity contribution in [2.24, 2.45) is 5.73 Å². The van der Waals surface area contributed by atoms with Gasteiger partial charge in [0.1, 0.15) is 12.2 Å². The second-order valence-corrected chi connectivity index (χ2v) is 2.16. The van der Waals surface area contributed by atoms with Crippen molar-refractivity contribution in [1.29, 1.82) is 0 Å². The van der Waals surface area contributed by atoms with E-state index in [0.717, 1.165) is 0 Å². The van der Waals surface area contributed by atoms with E-state index in [1.54, 1.807) is 6.07 Å². The van der Waals surface area contributed by atoms with Crippen LogP contribution in [0.25, 0.3) is 0 Å². The average molecular weight is 168 g/mol. The van der Waals surface area contributed by atoms with Crippen molar-refractivity contribution in [1.82, 2.24) is 10.2 Å². The van der Waals surface area contributed by atoms with Crippen LogP contribution in [0.3, 0.4) is 0 Å². The van der Waals surface area contributed by atoms with Crippen molar-refractivity contribution < 1.29 is 9.59 Å². The molecule has 0 saturated carbocycles. The summed E-state index contributed by atoms with van der Waals surface area (Å²) >= 11 is 0. The number of nitrogens with zero attached hydrogens (tertiary/aromatic N) is 1. The van der Waals surface area contributed by atoms with Gasteiger partial charge in [-0.25, -0.2) is 0 Å². The number of hydrogen-bond donors (Lipinski definition) is 3. The second-order valence-electron chi connectivity index (χ2n) is 2.16. The van der Waals surface area contributed by atoms with Crippen molar-refractivity contribution in [2.75, 3.05) is 5.32 Å². The Bertz CT molecular complexity index is 280. The van der Waals surface area contributed by atoms with Crippen LogP contribution in [0.2, 0.25) is 0 Å². The van der Waals surface area contributed by atoms with Gasteiger partial charge < -0.3 is 11.1 Å². The van der Waals surface area contributed by atoms with Crippen LogP contribution in [0.1, 0.15) is 6.42 Å². The Hall–Kier alpha value is -1.85. The van der Waals surface area contributed by atoms with Crippen molar-refractivity contribution in [3.05, 3.63) is 12.3 Å². The molecule has 1 rings (SSSR count). The van der Waals surface area contributed by atoms with Crippen molar-refractivity contribution in [3.63, 3.8) is 0 Å². The van der Waals surface area contributed by atoms with Gasteiger partial charge in [0.15, 0.2) is 0 Å². The summed E-state index contributed by atoms with van der Waals surface area (Å²) in [5.41, 5.74) is 4.80. The molecule has 0 radical (unpaired) electrons. The van der Waals surface area contributed by atoms with Gasteiger partial charge in [0, 0.05) is 6.07 Å². The first-order chi connectivity index (χ1) is 5.68. The molecule has 12 heavy (non-hydrogen) atoms. The minimum atomic E-state index is -0.660. The molecule has 2 amide bonds. The van der Waals surface area contributed by atoms with E-state index in [9.17, 15) is 9.59 Å². The molecule has 0 aliphatic heterocycles. The van der Waals surface area contributed by atoms with E-state index >= 15 is 0 Å². The number of hydrogen-bond acceptors (Lipinski definition) is 3. The number of aromatic amines is 1. The molecule has 0 bridgehead atoms. The summed E-state index contributed by atoms with van der Waals surface area (Å²) in [7, 11) is 0. The highest BCUT2D eigenvalue weighted by atomic mass is 16.2. The van der Waals surface area contributed by atoms with Gasteiger partial charge in [0.2, 0.25) is 11.8 Å². The van der Waals surface area contributed by atoms with Gasteiger partial charge in [-0.1, -0.05) is 0 Å². The Morgan fingerprint density at radius 2 is 2.42 bits per heavy atom. The molecular formula is C6H8N4O2. The lowest BCUT2D eigenvalue weighted by molar-refractivity contribution is -0.124. The van der Waals surface area contributed by atoms with E-state index in [-0.39, 0.29) is 6.42 Å². The highest BCUT2D eigenvalue weighted by Crippen LogP contribution is 1.98. The number of aromatic nitrogens is 2. The number of nitrogens with two attached hydrogens (primary N) is 1. The van der Waals surface area contributed by atoms with Gasteiger partial charge in [-0.2, -0.15) is 5.10 Å². The molecule has 1 aromatic rings. The SMILES string of the molecule is NC(=O)CC(=O)Nc1ccn[nH]1. The molecule has 4 N–H and O–H groups in total. The molecule has 0 fully saturated rings. The van der Waals surface area contributed by atoms with Crippen LogP contribution < -0.4 is 11.1 Å². The molecule has 1 aromatic heterocycles. The number of anilines is 1. The first kappa shape index (κ1) is 8.25. The van der Waals surface area contributed by atoms with Crippen LogP contribution in [-0.4, -0.2) is 22.0 Å². The van der Waals surface area contributed by atoms with Gasteiger partial charge in [-0.3, -0.25) is 14.7 Å². The van der Waals surface area contributed by atoms with Gasteiger partial charge >= 0.3 is 0 Å². The van der Waals surface area contributed by atoms with Crippen molar-refractivity contribution in [2.45, 2.75) is 6.42 Å². The number of carbonyl (C=O) groups is 2. The lowest BCUT2D eigenvalue weighted by Crippen LogP contribution is -2.21. The molecule has 0 aliphatic carbocycles. The third-order valence-corrected chi connectivity index (χ3v) is 1.11. The third-order valence-electron chi connectivity index (χ3n) is 1.11. The van der Waals surface area contributed by atoms with E-state index in [4.69, 9.17) is 5.73 Å². The van der Waals surface area contributed by atoms with E-state index in [2.05, 4.69) is 15.5 Å². The van der Waals surface area contributed by atoms with Crippen LogP contribution >= 0.6 is 0 Å². The number of primary amides is 1. The van der Waals surface area contributed by atoms with Crippen molar-refractivity contribution >= 4 is 17.6 Å². The number of carbonyl (C=O) groups excluding carboxylic acids is 2. The summed E-state index contributed by atoms with van der Waals surface area (Å²) in [6.07, 6.45) is 1.17. The predicted molar refractivity (Wildman–Crippen MR) is 41.0 cm³/mol. The predicted octanol–water partition coefficient (Wildman–Crippen LogP) is -0.776. The zero-order chi connectivity index (χ0) is 8.97. The third kappa shape index (κ3) is 2.41. The fourth-order valence-corrected chi connectivity index (χ4v) is 0.678. The quantitative estimate of drug-likeness (QED) is 0.516. The van der Waals surface area contributed by atoms with Crippen LogP contribution in [0.15, 0.2) is 12.3 Å². The maximum absolute atomic E-state index is 10.9. The first-order valence-electron chi connectivity index (χ1n) is 3.26. The number of rotatable bonds is 3. The van der Waals surface area contributed by atoms with E-state index in [1.807, 2.05) is 0 Å².